The van der Waals surface area contributed by atoms with E-state index in [4.69, 9.17) is 21.1 Å². The molecule has 0 saturated carbocycles. The van der Waals surface area contributed by atoms with Crippen molar-refractivity contribution in [1.82, 2.24) is 0 Å². The molecule has 0 heterocycles. The quantitative estimate of drug-likeness (QED) is 0.851. The molecule has 2 aromatic carbocycles. The summed E-state index contributed by atoms with van der Waals surface area (Å²) in [7, 11) is 1.50. The van der Waals surface area contributed by atoms with Gasteiger partial charge in [-0.3, -0.25) is 4.79 Å². The number of amides is 1. The third kappa shape index (κ3) is 4.72. The fourth-order valence-electron chi connectivity index (χ4n) is 1.85. The van der Waals surface area contributed by atoms with Crippen LogP contribution in [0.5, 0.6) is 5.75 Å². The van der Waals surface area contributed by atoms with Gasteiger partial charge in [0.15, 0.2) is 6.61 Å². The number of halogens is 1. The maximum absolute atomic E-state index is 11.8. The van der Waals surface area contributed by atoms with Gasteiger partial charge in [-0.1, -0.05) is 29.3 Å². The summed E-state index contributed by atoms with van der Waals surface area (Å²) < 4.78 is 10.00. The van der Waals surface area contributed by atoms with Gasteiger partial charge in [-0.05, 0) is 37.3 Å². The Kier molecular flexibility index (Phi) is 5.60. The van der Waals surface area contributed by atoms with Crippen LogP contribution in [0, 0.1) is 6.92 Å². The first kappa shape index (κ1) is 16.8. The molecule has 0 saturated heterocycles. The molecule has 6 heteroatoms. The first-order valence-corrected chi connectivity index (χ1v) is 7.24. The SMILES string of the molecule is COc1ccc(NC(=O)COC(=O)c2ccc(C)cc2)cc1Cl. The first-order valence-electron chi connectivity index (χ1n) is 6.87. The summed E-state index contributed by atoms with van der Waals surface area (Å²) in [4.78, 5) is 23.6. The number of benzene rings is 2. The van der Waals surface area contributed by atoms with E-state index >= 15 is 0 Å². The summed E-state index contributed by atoms with van der Waals surface area (Å²) in [5.74, 6) is -0.491. The van der Waals surface area contributed by atoms with E-state index in [1.165, 1.54) is 7.11 Å². The lowest BCUT2D eigenvalue weighted by Gasteiger charge is -2.08. The molecule has 120 valence electrons. The number of anilines is 1. The fraction of sp³-hybridized carbons (Fsp3) is 0.176. The van der Waals surface area contributed by atoms with Crippen molar-refractivity contribution in [2.45, 2.75) is 6.92 Å². The zero-order valence-electron chi connectivity index (χ0n) is 12.8. The molecule has 5 nitrogen and oxygen atoms in total. The van der Waals surface area contributed by atoms with E-state index in [-0.39, 0.29) is 6.61 Å². The Bertz CT molecular complexity index is 713. The van der Waals surface area contributed by atoms with Crippen LogP contribution >= 0.6 is 11.6 Å². The van der Waals surface area contributed by atoms with Crippen LogP contribution in [0.3, 0.4) is 0 Å². The number of nitrogens with one attached hydrogen (secondary N) is 1. The molecule has 1 amide bonds. The van der Waals surface area contributed by atoms with Gasteiger partial charge in [-0.25, -0.2) is 4.79 Å². The highest BCUT2D eigenvalue weighted by molar-refractivity contribution is 6.32. The normalized spacial score (nSPS) is 10.0. The summed E-state index contributed by atoms with van der Waals surface area (Å²) in [6.07, 6.45) is 0. The molecule has 0 unspecified atom stereocenters. The molecule has 2 rings (SSSR count). The fourth-order valence-corrected chi connectivity index (χ4v) is 2.10. The van der Waals surface area contributed by atoms with Crippen molar-refractivity contribution in [2.24, 2.45) is 0 Å². The average molecular weight is 334 g/mol. The Hall–Kier alpha value is -2.53. The van der Waals surface area contributed by atoms with E-state index in [9.17, 15) is 9.59 Å². The standard InChI is InChI=1S/C17H16ClNO4/c1-11-3-5-12(6-4-11)17(21)23-10-16(20)19-13-7-8-15(22-2)14(18)9-13/h3-9H,10H2,1-2H3,(H,19,20). The summed E-state index contributed by atoms with van der Waals surface area (Å²) in [6, 6.07) is 11.7. The molecule has 0 aromatic heterocycles. The molecule has 0 spiro atoms. The van der Waals surface area contributed by atoms with Gasteiger partial charge >= 0.3 is 5.97 Å². The molecule has 23 heavy (non-hydrogen) atoms. The van der Waals surface area contributed by atoms with Crippen LogP contribution in [0.15, 0.2) is 42.5 Å². The number of hydrogen-bond donors (Lipinski definition) is 1. The van der Waals surface area contributed by atoms with E-state index in [0.717, 1.165) is 5.56 Å². The Balaban J connectivity index is 1.88. The minimum Gasteiger partial charge on any atom is -0.495 e. The average Bonchev–Trinajstić information content (AvgIpc) is 2.53. The monoisotopic (exact) mass is 333 g/mol. The molecule has 0 fully saturated rings. The smallest absolute Gasteiger partial charge is 0.338 e. The summed E-state index contributed by atoms with van der Waals surface area (Å²) in [5.41, 5.74) is 1.93. The van der Waals surface area contributed by atoms with E-state index in [0.29, 0.717) is 22.0 Å². The second kappa shape index (κ2) is 7.65. The molecular formula is C17H16ClNO4. The zero-order valence-corrected chi connectivity index (χ0v) is 13.5. The van der Waals surface area contributed by atoms with Crippen molar-refractivity contribution in [2.75, 3.05) is 19.0 Å². The van der Waals surface area contributed by atoms with Crippen molar-refractivity contribution in [1.29, 1.82) is 0 Å². The van der Waals surface area contributed by atoms with Gasteiger partial charge in [0.25, 0.3) is 5.91 Å². The van der Waals surface area contributed by atoms with Crippen molar-refractivity contribution in [3.63, 3.8) is 0 Å². The number of methoxy groups -OCH3 is 1. The summed E-state index contributed by atoms with van der Waals surface area (Å²) in [6.45, 7) is 1.54. The van der Waals surface area contributed by atoms with E-state index in [2.05, 4.69) is 5.32 Å². The lowest BCUT2D eigenvalue weighted by Crippen LogP contribution is -2.20. The van der Waals surface area contributed by atoms with Crippen LogP contribution in [0.1, 0.15) is 15.9 Å². The van der Waals surface area contributed by atoms with E-state index in [1.807, 2.05) is 6.92 Å². The molecule has 1 N–H and O–H groups in total. The number of hydrogen-bond acceptors (Lipinski definition) is 4. The summed E-state index contributed by atoms with van der Waals surface area (Å²) in [5, 5.41) is 2.97. The first-order chi connectivity index (χ1) is 11.0. The molecule has 0 atom stereocenters. The predicted molar refractivity (Wildman–Crippen MR) is 88.1 cm³/mol. The minimum absolute atomic E-state index is 0.377. The predicted octanol–water partition coefficient (Wildman–Crippen LogP) is 3.45. The Morgan fingerprint density at radius 2 is 1.83 bits per heavy atom. The van der Waals surface area contributed by atoms with Crippen LogP contribution in [0.4, 0.5) is 5.69 Å². The van der Waals surface area contributed by atoms with Crippen LogP contribution in [0.2, 0.25) is 5.02 Å². The molecule has 2 aromatic rings. The molecular weight excluding hydrogens is 318 g/mol. The highest BCUT2D eigenvalue weighted by atomic mass is 35.5. The second-order valence-corrected chi connectivity index (χ2v) is 5.25. The van der Waals surface area contributed by atoms with E-state index in [1.54, 1.807) is 42.5 Å². The lowest BCUT2D eigenvalue weighted by molar-refractivity contribution is -0.119. The molecule has 0 radical (unpaired) electrons. The van der Waals surface area contributed by atoms with Gasteiger partial charge in [0, 0.05) is 5.69 Å². The second-order valence-electron chi connectivity index (χ2n) is 4.84. The van der Waals surface area contributed by atoms with Gasteiger partial charge in [0.2, 0.25) is 0 Å². The lowest BCUT2D eigenvalue weighted by atomic mass is 10.1. The summed E-state index contributed by atoms with van der Waals surface area (Å²) >= 11 is 5.97. The van der Waals surface area contributed by atoms with Crippen LogP contribution in [-0.4, -0.2) is 25.6 Å². The van der Waals surface area contributed by atoms with Crippen molar-refractivity contribution < 1.29 is 19.1 Å². The highest BCUT2D eigenvalue weighted by Crippen LogP contribution is 2.27. The topological polar surface area (TPSA) is 64.6 Å². The minimum atomic E-state index is -0.548. The van der Waals surface area contributed by atoms with Gasteiger partial charge in [-0.15, -0.1) is 0 Å². The number of carbonyl (C=O) groups is 2. The molecule has 0 aliphatic rings. The zero-order chi connectivity index (χ0) is 16.8. The highest BCUT2D eigenvalue weighted by Gasteiger charge is 2.11. The number of carbonyl (C=O) groups excluding carboxylic acids is 2. The number of esters is 1. The van der Waals surface area contributed by atoms with Gasteiger partial charge in [0.1, 0.15) is 5.75 Å². The third-order valence-corrected chi connectivity index (χ3v) is 3.35. The van der Waals surface area contributed by atoms with Crippen LogP contribution in [0.25, 0.3) is 0 Å². The van der Waals surface area contributed by atoms with Crippen molar-refractivity contribution in [3.8, 4) is 5.75 Å². The van der Waals surface area contributed by atoms with Crippen LogP contribution < -0.4 is 10.1 Å². The number of aryl methyl sites for hydroxylation is 1. The Morgan fingerprint density at radius 3 is 2.43 bits per heavy atom. The number of rotatable bonds is 5. The molecule has 0 bridgehead atoms. The van der Waals surface area contributed by atoms with E-state index < -0.39 is 11.9 Å². The molecule has 0 aliphatic heterocycles. The van der Waals surface area contributed by atoms with Crippen LogP contribution in [-0.2, 0) is 9.53 Å². The largest absolute Gasteiger partial charge is 0.495 e. The maximum Gasteiger partial charge on any atom is 0.338 e. The number of ether oxygens (including phenoxy) is 2. The van der Waals surface area contributed by atoms with Crippen molar-refractivity contribution in [3.05, 3.63) is 58.6 Å². The van der Waals surface area contributed by atoms with Gasteiger partial charge in [0.05, 0.1) is 17.7 Å². The van der Waals surface area contributed by atoms with Gasteiger partial charge in [-0.2, -0.15) is 0 Å². The maximum atomic E-state index is 11.8. The Labute approximate surface area is 139 Å². The Morgan fingerprint density at radius 1 is 1.13 bits per heavy atom. The molecule has 0 aliphatic carbocycles. The van der Waals surface area contributed by atoms with Gasteiger partial charge < -0.3 is 14.8 Å². The van der Waals surface area contributed by atoms with Crippen molar-refractivity contribution >= 4 is 29.2 Å². The third-order valence-electron chi connectivity index (χ3n) is 3.06.